The molecule has 3 atom stereocenters. The van der Waals surface area contributed by atoms with Gasteiger partial charge in [-0.15, -0.1) is 0 Å². The third-order valence-corrected chi connectivity index (χ3v) is 6.86. The molecular weight excluding hydrogens is 441 g/mol. The van der Waals surface area contributed by atoms with Crippen LogP contribution in [0.25, 0.3) is 16.6 Å². The van der Waals surface area contributed by atoms with E-state index in [9.17, 15) is 14.3 Å². The molecule has 0 spiro atoms. The van der Waals surface area contributed by atoms with Crippen LogP contribution >= 0.6 is 0 Å². The Morgan fingerprint density at radius 1 is 1.11 bits per heavy atom. The summed E-state index contributed by atoms with van der Waals surface area (Å²) in [6, 6.07) is 22.0. The lowest BCUT2D eigenvalue weighted by Gasteiger charge is -2.23. The van der Waals surface area contributed by atoms with Crippen molar-refractivity contribution in [3.05, 3.63) is 108 Å². The monoisotopic (exact) mass is 469 g/mol. The Bertz CT molecular complexity index is 1350. The van der Waals surface area contributed by atoms with Crippen molar-refractivity contribution in [1.82, 2.24) is 15.1 Å². The van der Waals surface area contributed by atoms with E-state index in [1.165, 1.54) is 12.1 Å². The molecule has 1 heterocycles. The second kappa shape index (κ2) is 9.84. The van der Waals surface area contributed by atoms with Crippen molar-refractivity contribution in [1.29, 1.82) is 0 Å². The lowest BCUT2D eigenvalue weighted by atomic mass is 9.85. The fraction of sp³-hybridized carbons (Fsp3) is 0.241. The molecule has 1 aliphatic rings. The molecular formula is C29H28FN3O2. The third-order valence-electron chi connectivity index (χ3n) is 6.86. The van der Waals surface area contributed by atoms with Crippen LogP contribution in [-0.4, -0.2) is 32.9 Å². The quantitative estimate of drug-likeness (QED) is 0.371. The molecule has 35 heavy (non-hydrogen) atoms. The molecule has 5 nitrogen and oxygen atoms in total. The van der Waals surface area contributed by atoms with Crippen molar-refractivity contribution in [2.24, 2.45) is 0 Å². The van der Waals surface area contributed by atoms with Crippen LogP contribution in [0.1, 0.15) is 36.3 Å². The van der Waals surface area contributed by atoms with Crippen LogP contribution in [0.5, 0.6) is 0 Å². The van der Waals surface area contributed by atoms with E-state index in [1.54, 1.807) is 23.0 Å². The van der Waals surface area contributed by atoms with Crippen molar-refractivity contribution in [2.75, 3.05) is 0 Å². The number of amides is 1. The topological polar surface area (TPSA) is 67.2 Å². The van der Waals surface area contributed by atoms with Gasteiger partial charge in [0.1, 0.15) is 5.82 Å². The van der Waals surface area contributed by atoms with Crippen LogP contribution in [-0.2, 0) is 11.2 Å². The maximum atomic E-state index is 13.4. The molecule has 3 unspecified atom stereocenters. The summed E-state index contributed by atoms with van der Waals surface area (Å²) in [5.41, 5.74) is 4.21. The molecule has 3 aromatic carbocycles. The Hall–Kier alpha value is -3.77. The van der Waals surface area contributed by atoms with E-state index in [-0.39, 0.29) is 23.7 Å². The van der Waals surface area contributed by atoms with Crippen molar-refractivity contribution in [2.45, 2.75) is 43.7 Å². The number of aromatic nitrogens is 2. The van der Waals surface area contributed by atoms with E-state index in [1.807, 2.05) is 48.5 Å². The number of fused-ring (bicyclic) bond motifs is 1. The van der Waals surface area contributed by atoms with Gasteiger partial charge in [-0.25, -0.2) is 9.07 Å². The zero-order valence-electron chi connectivity index (χ0n) is 19.4. The standard InChI is InChI=1S/C29H28FN3O2/c1-19(29(35)32-26-8-5-9-28(26)34)25(16-20-6-3-2-4-7-20)21-10-15-27-22(17-21)18-31-33(27)24-13-11-23(30)12-14-24/h2-4,6-7,10-15,17-18,25-26,28,34H,1,5,8-9,16H2,(H,32,35). The molecule has 0 aliphatic heterocycles. The van der Waals surface area contributed by atoms with E-state index >= 15 is 0 Å². The smallest absolute Gasteiger partial charge is 0.247 e. The van der Waals surface area contributed by atoms with Gasteiger partial charge in [0.25, 0.3) is 0 Å². The number of aliphatic hydroxyl groups is 1. The van der Waals surface area contributed by atoms with Crippen LogP contribution in [0.15, 0.2) is 91.1 Å². The zero-order chi connectivity index (χ0) is 24.4. The summed E-state index contributed by atoms with van der Waals surface area (Å²) in [5, 5.41) is 18.6. The van der Waals surface area contributed by atoms with Gasteiger partial charge < -0.3 is 10.4 Å². The fourth-order valence-electron chi connectivity index (χ4n) is 4.88. The van der Waals surface area contributed by atoms with Crippen LogP contribution in [0, 0.1) is 5.82 Å². The summed E-state index contributed by atoms with van der Waals surface area (Å²) >= 11 is 0. The van der Waals surface area contributed by atoms with Gasteiger partial charge in [-0.2, -0.15) is 5.10 Å². The second-order valence-electron chi connectivity index (χ2n) is 9.20. The molecule has 1 saturated carbocycles. The van der Waals surface area contributed by atoms with Crippen molar-refractivity contribution in [3.8, 4) is 5.69 Å². The highest BCUT2D eigenvalue weighted by Crippen LogP contribution is 2.31. The number of carbonyl (C=O) groups is 1. The number of halogens is 1. The van der Waals surface area contributed by atoms with Crippen molar-refractivity contribution < 1.29 is 14.3 Å². The summed E-state index contributed by atoms with van der Waals surface area (Å²) in [7, 11) is 0. The normalized spacial score (nSPS) is 18.5. The number of hydrogen-bond acceptors (Lipinski definition) is 3. The molecule has 2 N–H and O–H groups in total. The van der Waals surface area contributed by atoms with Gasteiger partial charge in [-0.05, 0) is 73.2 Å². The Balaban J connectivity index is 1.46. The highest BCUT2D eigenvalue weighted by atomic mass is 19.1. The Labute approximate surface area is 203 Å². The number of hydrogen-bond donors (Lipinski definition) is 2. The van der Waals surface area contributed by atoms with Crippen LogP contribution in [0.2, 0.25) is 0 Å². The molecule has 1 fully saturated rings. The Kier molecular flexibility index (Phi) is 6.47. The SMILES string of the molecule is C=C(C(=O)NC1CCCC1O)C(Cc1ccccc1)c1ccc2c(cnn2-c2ccc(F)cc2)c1. The van der Waals surface area contributed by atoms with E-state index in [4.69, 9.17) is 0 Å². The van der Waals surface area contributed by atoms with E-state index < -0.39 is 6.10 Å². The Morgan fingerprint density at radius 3 is 2.60 bits per heavy atom. The number of carbonyl (C=O) groups excluding carboxylic acids is 1. The van der Waals surface area contributed by atoms with E-state index in [0.717, 1.165) is 40.6 Å². The van der Waals surface area contributed by atoms with E-state index in [2.05, 4.69) is 17.0 Å². The first-order valence-electron chi connectivity index (χ1n) is 11.9. The molecule has 0 bridgehead atoms. The highest BCUT2D eigenvalue weighted by Gasteiger charge is 2.29. The Morgan fingerprint density at radius 2 is 1.89 bits per heavy atom. The minimum absolute atomic E-state index is 0.223. The maximum Gasteiger partial charge on any atom is 0.247 e. The van der Waals surface area contributed by atoms with Gasteiger partial charge in [0.2, 0.25) is 5.91 Å². The predicted octanol–water partition coefficient (Wildman–Crippen LogP) is 5.08. The predicted molar refractivity (Wildman–Crippen MR) is 135 cm³/mol. The summed E-state index contributed by atoms with van der Waals surface area (Å²) in [6.45, 7) is 4.19. The second-order valence-corrected chi connectivity index (χ2v) is 9.20. The molecule has 1 aliphatic carbocycles. The van der Waals surface area contributed by atoms with Gasteiger partial charge in [0.15, 0.2) is 0 Å². The number of aliphatic hydroxyl groups excluding tert-OH is 1. The molecule has 0 saturated heterocycles. The first-order valence-corrected chi connectivity index (χ1v) is 11.9. The van der Waals surface area contributed by atoms with Gasteiger partial charge in [0, 0.05) is 16.9 Å². The summed E-state index contributed by atoms with van der Waals surface area (Å²) < 4.78 is 15.1. The zero-order valence-corrected chi connectivity index (χ0v) is 19.4. The number of benzene rings is 3. The first kappa shape index (κ1) is 23.0. The highest BCUT2D eigenvalue weighted by molar-refractivity contribution is 5.95. The molecule has 6 heteroatoms. The van der Waals surface area contributed by atoms with Crippen molar-refractivity contribution in [3.63, 3.8) is 0 Å². The van der Waals surface area contributed by atoms with Crippen LogP contribution in [0.3, 0.4) is 0 Å². The number of rotatable bonds is 7. The average molecular weight is 470 g/mol. The van der Waals surface area contributed by atoms with Crippen molar-refractivity contribution >= 4 is 16.8 Å². The minimum Gasteiger partial charge on any atom is -0.391 e. The fourth-order valence-corrected chi connectivity index (χ4v) is 4.88. The lowest BCUT2D eigenvalue weighted by Crippen LogP contribution is -2.41. The first-order chi connectivity index (χ1) is 17.0. The van der Waals surface area contributed by atoms with Gasteiger partial charge in [-0.3, -0.25) is 4.79 Å². The van der Waals surface area contributed by atoms with Crippen LogP contribution < -0.4 is 5.32 Å². The summed E-state index contributed by atoms with van der Waals surface area (Å²) in [5.74, 6) is -0.758. The molecule has 4 aromatic rings. The number of nitrogens with one attached hydrogen (secondary N) is 1. The molecule has 5 rings (SSSR count). The summed E-state index contributed by atoms with van der Waals surface area (Å²) in [4.78, 5) is 13.2. The maximum absolute atomic E-state index is 13.4. The molecule has 1 amide bonds. The third kappa shape index (κ3) is 4.88. The average Bonchev–Trinajstić information content (AvgIpc) is 3.48. The minimum atomic E-state index is -0.507. The van der Waals surface area contributed by atoms with Gasteiger partial charge in [-0.1, -0.05) is 43.0 Å². The van der Waals surface area contributed by atoms with E-state index in [0.29, 0.717) is 18.4 Å². The summed E-state index contributed by atoms with van der Waals surface area (Å²) in [6.07, 6.45) is 4.28. The van der Waals surface area contributed by atoms with Gasteiger partial charge >= 0.3 is 0 Å². The number of nitrogens with zero attached hydrogens (tertiary/aromatic N) is 2. The molecule has 0 radical (unpaired) electrons. The molecule has 178 valence electrons. The largest absolute Gasteiger partial charge is 0.391 e. The van der Waals surface area contributed by atoms with Crippen LogP contribution in [0.4, 0.5) is 4.39 Å². The van der Waals surface area contributed by atoms with Gasteiger partial charge in [0.05, 0.1) is 29.5 Å². The lowest BCUT2D eigenvalue weighted by molar-refractivity contribution is -0.119. The molecule has 1 aromatic heterocycles.